The van der Waals surface area contributed by atoms with Crippen LogP contribution < -0.4 is 4.74 Å². The summed E-state index contributed by atoms with van der Waals surface area (Å²) in [6.07, 6.45) is 1.61. The highest BCUT2D eigenvalue weighted by Crippen LogP contribution is 2.40. The van der Waals surface area contributed by atoms with Crippen molar-refractivity contribution in [3.63, 3.8) is 0 Å². The Morgan fingerprint density at radius 2 is 2.22 bits per heavy atom. The van der Waals surface area contributed by atoms with Crippen LogP contribution in [0.1, 0.15) is 34.9 Å². The molecule has 0 saturated carbocycles. The van der Waals surface area contributed by atoms with Crippen LogP contribution in [-0.2, 0) is 4.79 Å². The molecule has 0 aliphatic carbocycles. The van der Waals surface area contributed by atoms with E-state index < -0.39 is 12.0 Å². The number of carboxylic acid groups (broad SMARTS) is 1. The largest absolute Gasteiger partial charge is 0.496 e. The van der Waals surface area contributed by atoms with Gasteiger partial charge < -0.3 is 9.84 Å². The Hall–Kier alpha value is -1.85. The van der Waals surface area contributed by atoms with Crippen molar-refractivity contribution in [2.45, 2.75) is 31.8 Å². The number of benzene rings is 1. The average Bonchev–Trinajstić information content (AvgIpc) is 3.18. The Bertz CT molecular complexity index is 697. The number of thiophene rings is 1. The van der Waals surface area contributed by atoms with Gasteiger partial charge in [0, 0.05) is 17.0 Å². The summed E-state index contributed by atoms with van der Waals surface area (Å²) >= 11 is 1.68. The molecule has 3 rings (SSSR count). The molecule has 23 heavy (non-hydrogen) atoms. The summed E-state index contributed by atoms with van der Waals surface area (Å²) in [5.74, 6) is 0.0651. The minimum atomic E-state index is -0.740. The minimum Gasteiger partial charge on any atom is -0.496 e. The monoisotopic (exact) mass is 331 g/mol. The van der Waals surface area contributed by atoms with E-state index in [2.05, 4.69) is 23.3 Å². The smallest absolute Gasteiger partial charge is 0.320 e. The van der Waals surface area contributed by atoms with Crippen molar-refractivity contribution in [3.05, 3.63) is 51.7 Å². The van der Waals surface area contributed by atoms with Crippen LogP contribution in [0.2, 0.25) is 0 Å². The van der Waals surface area contributed by atoms with Crippen molar-refractivity contribution in [1.82, 2.24) is 4.90 Å². The molecular formula is C18H21NO3S. The van der Waals surface area contributed by atoms with Gasteiger partial charge in [0.1, 0.15) is 11.8 Å². The summed E-state index contributed by atoms with van der Waals surface area (Å²) in [7, 11) is 1.66. The predicted octanol–water partition coefficient (Wildman–Crippen LogP) is 3.70. The van der Waals surface area contributed by atoms with Gasteiger partial charge in [-0.1, -0.05) is 18.2 Å². The first-order valence-corrected chi connectivity index (χ1v) is 8.66. The second-order valence-corrected chi connectivity index (χ2v) is 6.85. The predicted molar refractivity (Wildman–Crippen MR) is 91.3 cm³/mol. The molecule has 0 spiro atoms. The lowest BCUT2D eigenvalue weighted by Crippen LogP contribution is -2.39. The van der Waals surface area contributed by atoms with Crippen LogP contribution in [0.4, 0.5) is 0 Å². The van der Waals surface area contributed by atoms with Crippen molar-refractivity contribution >= 4 is 17.3 Å². The zero-order chi connectivity index (χ0) is 16.4. The summed E-state index contributed by atoms with van der Waals surface area (Å²) in [6.45, 7) is 2.86. The van der Waals surface area contributed by atoms with Crippen LogP contribution in [0.15, 0.2) is 35.7 Å². The standard InChI is InChI=1S/C18H21NO3S/c1-12-10-16(23-11-12)17(13-6-3-4-8-15(13)22-2)19-9-5-7-14(19)18(20)21/h3-4,6,8,10-11,14,17H,5,7,9H2,1-2H3,(H,20,21). The third-order valence-corrected chi connectivity index (χ3v) is 5.47. The molecule has 1 aromatic carbocycles. The van der Waals surface area contributed by atoms with E-state index in [1.54, 1.807) is 18.4 Å². The van der Waals surface area contributed by atoms with Crippen LogP contribution >= 0.6 is 11.3 Å². The van der Waals surface area contributed by atoms with Crippen molar-refractivity contribution in [3.8, 4) is 5.75 Å². The molecule has 5 heteroatoms. The van der Waals surface area contributed by atoms with Gasteiger partial charge in [-0.05, 0) is 42.8 Å². The fraction of sp³-hybridized carbons (Fsp3) is 0.389. The van der Waals surface area contributed by atoms with Gasteiger partial charge in [0.25, 0.3) is 0 Å². The zero-order valence-electron chi connectivity index (χ0n) is 13.4. The summed E-state index contributed by atoms with van der Waals surface area (Å²) < 4.78 is 5.54. The molecule has 1 aromatic heterocycles. The van der Waals surface area contributed by atoms with Crippen molar-refractivity contribution in [2.24, 2.45) is 0 Å². The number of likely N-dealkylation sites (tertiary alicyclic amines) is 1. The van der Waals surface area contributed by atoms with Gasteiger partial charge in [-0.15, -0.1) is 11.3 Å². The molecule has 1 fully saturated rings. The fourth-order valence-electron chi connectivity index (χ4n) is 3.35. The molecule has 0 amide bonds. The Labute approximate surface area is 140 Å². The first kappa shape index (κ1) is 16.0. The van der Waals surface area contributed by atoms with Crippen LogP contribution in [0.3, 0.4) is 0 Å². The Morgan fingerprint density at radius 1 is 1.43 bits per heavy atom. The Kier molecular flexibility index (Phi) is 4.68. The van der Waals surface area contributed by atoms with Crippen LogP contribution in [0.5, 0.6) is 5.75 Å². The molecule has 2 atom stereocenters. The SMILES string of the molecule is COc1ccccc1C(c1cc(C)cs1)N1CCCC1C(=O)O. The molecule has 2 heterocycles. The van der Waals surface area contributed by atoms with E-state index in [4.69, 9.17) is 4.74 Å². The maximum Gasteiger partial charge on any atom is 0.320 e. The molecule has 2 unspecified atom stereocenters. The lowest BCUT2D eigenvalue weighted by atomic mass is 10.0. The van der Waals surface area contributed by atoms with Gasteiger partial charge in [0.15, 0.2) is 0 Å². The number of methoxy groups -OCH3 is 1. The number of hydrogen-bond donors (Lipinski definition) is 1. The topological polar surface area (TPSA) is 49.8 Å². The normalized spacial score (nSPS) is 19.7. The van der Waals surface area contributed by atoms with Crippen LogP contribution in [0.25, 0.3) is 0 Å². The molecule has 4 nitrogen and oxygen atoms in total. The number of ether oxygens (including phenoxy) is 1. The first-order valence-electron chi connectivity index (χ1n) is 7.78. The highest BCUT2D eigenvalue weighted by atomic mass is 32.1. The fourth-order valence-corrected chi connectivity index (χ4v) is 4.38. The minimum absolute atomic E-state index is 0.0755. The lowest BCUT2D eigenvalue weighted by Gasteiger charge is -2.31. The van der Waals surface area contributed by atoms with Gasteiger partial charge in [-0.2, -0.15) is 0 Å². The summed E-state index contributed by atoms with van der Waals surface area (Å²) in [6, 6.07) is 9.54. The van der Waals surface area contributed by atoms with E-state index >= 15 is 0 Å². The molecule has 1 aliphatic heterocycles. The number of rotatable bonds is 5. The van der Waals surface area contributed by atoms with E-state index in [1.165, 1.54) is 10.4 Å². The molecule has 1 saturated heterocycles. The second-order valence-electron chi connectivity index (χ2n) is 5.91. The van der Waals surface area contributed by atoms with Gasteiger partial charge in [0.2, 0.25) is 0 Å². The van der Waals surface area contributed by atoms with Gasteiger partial charge in [0.05, 0.1) is 13.2 Å². The number of carboxylic acids is 1. The molecule has 0 radical (unpaired) electrons. The molecule has 1 aliphatic rings. The number of hydrogen-bond acceptors (Lipinski definition) is 4. The Morgan fingerprint density at radius 3 is 2.87 bits per heavy atom. The van der Waals surface area contributed by atoms with E-state index in [-0.39, 0.29) is 6.04 Å². The molecule has 2 aromatic rings. The van der Waals surface area contributed by atoms with Crippen molar-refractivity contribution in [1.29, 1.82) is 0 Å². The lowest BCUT2D eigenvalue weighted by molar-refractivity contribution is -0.142. The number of aryl methyl sites for hydroxylation is 1. The van der Waals surface area contributed by atoms with E-state index in [9.17, 15) is 9.90 Å². The maximum atomic E-state index is 11.7. The highest BCUT2D eigenvalue weighted by molar-refractivity contribution is 7.10. The summed E-state index contributed by atoms with van der Waals surface area (Å²) in [5, 5.41) is 11.7. The third kappa shape index (κ3) is 3.12. The molecule has 1 N–H and O–H groups in total. The quantitative estimate of drug-likeness (QED) is 0.907. The summed E-state index contributed by atoms with van der Waals surface area (Å²) in [4.78, 5) is 14.9. The average molecular weight is 331 g/mol. The van der Waals surface area contributed by atoms with Crippen LogP contribution in [-0.4, -0.2) is 35.7 Å². The molecule has 0 bridgehead atoms. The number of aliphatic carboxylic acids is 1. The van der Waals surface area contributed by atoms with Gasteiger partial charge in [-0.3, -0.25) is 9.69 Å². The van der Waals surface area contributed by atoms with E-state index in [1.807, 2.05) is 24.3 Å². The molecular weight excluding hydrogens is 310 g/mol. The maximum absolute atomic E-state index is 11.7. The Balaban J connectivity index is 2.09. The van der Waals surface area contributed by atoms with Gasteiger partial charge >= 0.3 is 5.97 Å². The van der Waals surface area contributed by atoms with E-state index in [0.29, 0.717) is 6.42 Å². The number of nitrogens with zero attached hydrogens (tertiary/aromatic N) is 1. The first-order chi connectivity index (χ1) is 11.1. The highest BCUT2D eigenvalue weighted by Gasteiger charge is 2.38. The third-order valence-electron chi connectivity index (χ3n) is 4.36. The zero-order valence-corrected chi connectivity index (χ0v) is 14.2. The van der Waals surface area contributed by atoms with Crippen molar-refractivity contribution in [2.75, 3.05) is 13.7 Å². The second kappa shape index (κ2) is 6.72. The number of carbonyl (C=O) groups is 1. The van der Waals surface area contributed by atoms with E-state index in [0.717, 1.165) is 24.3 Å². The van der Waals surface area contributed by atoms with Crippen molar-refractivity contribution < 1.29 is 14.6 Å². The van der Waals surface area contributed by atoms with Crippen LogP contribution in [0, 0.1) is 6.92 Å². The van der Waals surface area contributed by atoms with Gasteiger partial charge in [-0.25, -0.2) is 0 Å². The number of para-hydroxylation sites is 1. The molecule has 122 valence electrons. The summed E-state index contributed by atoms with van der Waals surface area (Å²) in [5.41, 5.74) is 2.24.